The molecule has 0 spiro atoms. The van der Waals surface area contributed by atoms with Gasteiger partial charge >= 0.3 is 0 Å². The Morgan fingerprint density at radius 2 is 0.525 bits per heavy atom. The fourth-order valence-corrected chi connectivity index (χ4v) is 4.63. The molecule has 0 bridgehead atoms. The van der Waals surface area contributed by atoms with Crippen molar-refractivity contribution in [1.29, 1.82) is 0 Å². The third kappa shape index (κ3) is 8.26. The average molecular weight is 555 g/mol. The predicted octanol–water partition coefficient (Wildman–Crippen LogP) is 10.7. The van der Waals surface area contributed by atoms with E-state index >= 15 is 0 Å². The van der Waals surface area contributed by atoms with Crippen LogP contribution in [0.5, 0.6) is 11.5 Å². The van der Waals surface area contributed by atoms with Gasteiger partial charge in [0.2, 0.25) is 0 Å². The van der Waals surface area contributed by atoms with Crippen LogP contribution >= 0.6 is 0 Å². The van der Waals surface area contributed by atoms with Crippen molar-refractivity contribution in [1.82, 2.24) is 0 Å². The summed E-state index contributed by atoms with van der Waals surface area (Å²) in [6, 6.07) is 8.93. The normalized spacial score (nSPS) is 13.9. The molecule has 0 aliphatic rings. The molecule has 0 atom stereocenters. The van der Waals surface area contributed by atoms with Gasteiger partial charge in [0.25, 0.3) is 0 Å². The molecule has 2 rings (SSSR count). The summed E-state index contributed by atoms with van der Waals surface area (Å²) in [5.74, 6) is 1.35. The Morgan fingerprint density at radius 1 is 0.325 bits per heavy atom. The highest BCUT2D eigenvalue weighted by atomic mass is 17.7. The fourth-order valence-electron chi connectivity index (χ4n) is 4.63. The van der Waals surface area contributed by atoms with Crippen molar-refractivity contribution in [3.63, 3.8) is 0 Å². The third-order valence-corrected chi connectivity index (χ3v) is 7.40. The van der Waals surface area contributed by atoms with Crippen LogP contribution in [-0.4, -0.2) is 0 Å². The zero-order valence-electron chi connectivity index (χ0n) is 28.9. The topological polar surface area (TPSA) is 36.9 Å². The van der Waals surface area contributed by atoms with E-state index in [4.69, 9.17) is 19.9 Å². The first-order valence-electron chi connectivity index (χ1n) is 14.7. The number of rotatable bonds is 5. The lowest BCUT2D eigenvalue weighted by Gasteiger charge is -2.32. The van der Waals surface area contributed by atoms with Gasteiger partial charge in [0.15, 0.2) is 11.5 Å². The fraction of sp³-hybridized carbons (Fsp3) is 0.667. The maximum Gasteiger partial charge on any atom is 0.176 e. The Labute approximate surface area is 245 Å². The summed E-state index contributed by atoms with van der Waals surface area (Å²) in [6.07, 6.45) is 0. The molecule has 0 saturated heterocycles. The van der Waals surface area contributed by atoms with Crippen molar-refractivity contribution >= 4 is 0 Å². The molecule has 4 nitrogen and oxygen atoms in total. The lowest BCUT2D eigenvalue weighted by Crippen LogP contribution is -2.24. The van der Waals surface area contributed by atoms with E-state index in [1.54, 1.807) is 0 Å². The van der Waals surface area contributed by atoms with E-state index in [9.17, 15) is 0 Å². The molecule has 0 amide bonds. The molecule has 0 aliphatic carbocycles. The summed E-state index contributed by atoms with van der Waals surface area (Å²) < 4.78 is 0. The van der Waals surface area contributed by atoms with Gasteiger partial charge in [0, 0.05) is 32.3 Å². The molecular formula is C36H58O4. The Morgan fingerprint density at radius 3 is 0.675 bits per heavy atom. The van der Waals surface area contributed by atoms with Crippen molar-refractivity contribution in [3.8, 4) is 11.5 Å². The summed E-state index contributed by atoms with van der Waals surface area (Å²) in [7, 11) is 0. The largest absolute Gasteiger partial charge is 0.305 e. The molecule has 0 heterocycles. The minimum Gasteiger partial charge on any atom is -0.305 e. The van der Waals surface area contributed by atoms with Crippen LogP contribution in [0.1, 0.15) is 158 Å². The molecule has 4 heteroatoms. The van der Waals surface area contributed by atoms with Gasteiger partial charge < -0.3 is 9.78 Å². The molecule has 226 valence electrons. The zero-order valence-corrected chi connectivity index (χ0v) is 28.9. The summed E-state index contributed by atoms with van der Waals surface area (Å²) in [4.78, 5) is 12.0. The quantitative estimate of drug-likeness (QED) is 0.209. The molecule has 2 aromatic rings. The second kappa shape index (κ2) is 11.0. The van der Waals surface area contributed by atoms with Crippen LogP contribution in [-0.2, 0) is 42.6 Å². The number of hydrogen-bond acceptors (Lipinski definition) is 4. The zero-order chi connectivity index (χ0) is 31.3. The Bertz CT molecular complexity index is 1010. The van der Waals surface area contributed by atoms with Gasteiger partial charge in [-0.3, -0.25) is 0 Å². The maximum atomic E-state index is 5.99. The van der Waals surface area contributed by atoms with Gasteiger partial charge in [-0.15, -0.1) is 0 Å². The molecule has 0 N–H and O–H groups in total. The average Bonchev–Trinajstić information content (AvgIpc) is 2.71. The Balaban J connectivity index is 2.56. The van der Waals surface area contributed by atoms with Crippen molar-refractivity contribution < 1.29 is 19.9 Å². The van der Waals surface area contributed by atoms with Crippen molar-refractivity contribution in [2.45, 2.75) is 157 Å². The monoisotopic (exact) mass is 554 g/mol. The molecule has 0 unspecified atom stereocenters. The number of benzene rings is 2. The first-order chi connectivity index (χ1) is 17.6. The van der Waals surface area contributed by atoms with E-state index < -0.39 is 0 Å². The highest BCUT2D eigenvalue weighted by Crippen LogP contribution is 2.45. The second-order valence-electron chi connectivity index (χ2n) is 17.6. The molecular weight excluding hydrogens is 496 g/mol. The van der Waals surface area contributed by atoms with Crippen molar-refractivity contribution in [2.24, 2.45) is 0 Å². The van der Waals surface area contributed by atoms with Gasteiger partial charge in [-0.25, -0.2) is 0 Å². The summed E-state index contributed by atoms with van der Waals surface area (Å²) in [5, 5.41) is 10.9. The minimum atomic E-state index is -0.178. The first-order valence-corrected chi connectivity index (χ1v) is 14.7. The van der Waals surface area contributed by atoms with E-state index in [-0.39, 0.29) is 32.5 Å². The minimum absolute atomic E-state index is 0.00900. The third-order valence-electron chi connectivity index (χ3n) is 7.40. The van der Waals surface area contributed by atoms with Gasteiger partial charge in [-0.1, -0.05) is 149 Å². The van der Waals surface area contributed by atoms with Gasteiger partial charge in [-0.05, 0) is 43.6 Å². The van der Waals surface area contributed by atoms with E-state index in [0.717, 1.165) is 22.3 Å². The van der Waals surface area contributed by atoms with Crippen LogP contribution in [0.4, 0.5) is 0 Å². The van der Waals surface area contributed by atoms with Gasteiger partial charge in [-0.2, -0.15) is 0 Å². The highest BCUT2D eigenvalue weighted by Gasteiger charge is 2.33. The highest BCUT2D eigenvalue weighted by molar-refractivity contribution is 5.53. The van der Waals surface area contributed by atoms with Gasteiger partial charge in [0.05, 0.1) is 0 Å². The summed E-state index contributed by atoms with van der Waals surface area (Å²) in [5.41, 5.74) is 6.04. The van der Waals surface area contributed by atoms with Crippen LogP contribution in [0, 0.1) is 0 Å². The maximum absolute atomic E-state index is 5.99. The predicted molar refractivity (Wildman–Crippen MR) is 169 cm³/mol. The van der Waals surface area contributed by atoms with Crippen molar-refractivity contribution in [3.05, 3.63) is 57.6 Å². The summed E-state index contributed by atoms with van der Waals surface area (Å²) >= 11 is 0. The van der Waals surface area contributed by atoms with Gasteiger partial charge in [0.1, 0.15) is 0 Å². The van der Waals surface area contributed by atoms with Crippen LogP contribution in [0.25, 0.3) is 0 Å². The van der Waals surface area contributed by atoms with Crippen molar-refractivity contribution in [2.75, 3.05) is 0 Å². The van der Waals surface area contributed by atoms with Crippen LogP contribution < -0.4 is 9.78 Å². The molecule has 0 radical (unpaired) electrons. The standard InChI is InChI=1S/C36H58O4/c1-31(2,3)23-19-25(33(7,8)9)29(26(20-23)34(10,11)12)37-39-40-38-30-27(35(13,14)15)21-24(32(4,5)6)22-28(30)36(16,17)18/h19-22H,1-18H3. The molecule has 0 aliphatic heterocycles. The summed E-state index contributed by atoms with van der Waals surface area (Å²) in [6.45, 7) is 39.7. The molecule has 40 heavy (non-hydrogen) atoms. The van der Waals surface area contributed by atoms with Crippen LogP contribution in [0.15, 0.2) is 24.3 Å². The Kier molecular flexibility index (Phi) is 9.38. The van der Waals surface area contributed by atoms with E-state index in [1.165, 1.54) is 11.1 Å². The first kappa shape index (κ1) is 34.2. The molecule has 0 aromatic heterocycles. The molecule has 0 fully saturated rings. The van der Waals surface area contributed by atoms with E-state index in [1.807, 2.05) is 0 Å². The molecule has 0 saturated carbocycles. The Hall–Kier alpha value is -2.04. The smallest absolute Gasteiger partial charge is 0.176 e. The number of hydrogen-bond donors (Lipinski definition) is 0. The lowest BCUT2D eigenvalue weighted by molar-refractivity contribution is -0.576. The molecule has 2 aromatic carbocycles. The van der Waals surface area contributed by atoms with Crippen LogP contribution in [0.2, 0.25) is 0 Å². The lowest BCUT2D eigenvalue weighted by atomic mass is 9.75. The van der Waals surface area contributed by atoms with E-state index in [2.05, 4.69) is 149 Å². The SMILES string of the molecule is CC(C)(C)c1cc(C(C)(C)C)c(OOOOc2c(C(C)(C)C)cc(C(C)(C)C)cc2C(C)(C)C)c(C(C)(C)C)c1. The second-order valence-corrected chi connectivity index (χ2v) is 17.6. The van der Waals surface area contributed by atoms with Crippen LogP contribution in [0.3, 0.4) is 0 Å². The van der Waals surface area contributed by atoms with E-state index in [0.29, 0.717) is 11.5 Å².